The number of amides is 1. The molecule has 0 radical (unpaired) electrons. The number of nitrogens with zero attached hydrogens (tertiary/aromatic N) is 2. The fourth-order valence-electron chi connectivity index (χ4n) is 3.79. The Kier molecular flexibility index (Phi) is 10.2. The second-order valence-electron chi connectivity index (χ2n) is 8.22. The number of nitrogens with one attached hydrogen (secondary N) is 2. The summed E-state index contributed by atoms with van der Waals surface area (Å²) in [5.74, 6) is 1.32. The highest BCUT2D eigenvalue weighted by atomic mass is 127. The van der Waals surface area contributed by atoms with Gasteiger partial charge in [0, 0.05) is 38.7 Å². The fourth-order valence-corrected chi connectivity index (χ4v) is 3.79. The van der Waals surface area contributed by atoms with E-state index in [1.54, 1.807) is 0 Å². The van der Waals surface area contributed by atoms with Crippen LogP contribution in [0.5, 0.6) is 0 Å². The second-order valence-corrected chi connectivity index (χ2v) is 8.22. The average molecular weight is 480 g/mol. The molecule has 2 aliphatic rings. The quantitative estimate of drug-likeness (QED) is 0.361. The molecule has 2 unspecified atom stereocenters. The van der Waals surface area contributed by atoms with Crippen molar-refractivity contribution in [1.29, 1.82) is 0 Å². The van der Waals surface area contributed by atoms with Gasteiger partial charge in [0.05, 0.1) is 6.10 Å². The monoisotopic (exact) mass is 480 g/mol. The minimum atomic E-state index is 0. The molecule has 0 aromatic heterocycles. The van der Waals surface area contributed by atoms with Crippen molar-refractivity contribution in [3.8, 4) is 0 Å². The maximum absolute atomic E-state index is 12.2. The van der Waals surface area contributed by atoms with E-state index in [-0.39, 0.29) is 47.9 Å². The van der Waals surface area contributed by atoms with Crippen LogP contribution in [0, 0.1) is 11.3 Å². The Morgan fingerprint density at radius 1 is 1.19 bits per heavy atom. The summed E-state index contributed by atoms with van der Waals surface area (Å²) in [5.41, 5.74) is 0.133. The number of hydrogen-bond donors (Lipinski definition) is 2. The lowest BCUT2D eigenvalue weighted by Gasteiger charge is -2.40. The van der Waals surface area contributed by atoms with E-state index >= 15 is 0 Å². The molecule has 0 bridgehead atoms. The molecular weight excluding hydrogens is 443 g/mol. The molecule has 1 amide bonds. The molecule has 0 saturated carbocycles. The van der Waals surface area contributed by atoms with Crippen molar-refractivity contribution in [3.05, 3.63) is 0 Å². The Bertz CT molecular complexity index is 459. The summed E-state index contributed by atoms with van der Waals surface area (Å²) in [6.07, 6.45) is 4.76. The van der Waals surface area contributed by atoms with Gasteiger partial charge in [-0.1, -0.05) is 20.8 Å². The first-order valence-electron chi connectivity index (χ1n) is 9.83. The van der Waals surface area contributed by atoms with Crippen molar-refractivity contribution < 1.29 is 9.53 Å². The highest BCUT2D eigenvalue weighted by Crippen LogP contribution is 2.33. The van der Waals surface area contributed by atoms with Gasteiger partial charge in [-0.05, 0) is 38.0 Å². The Labute approximate surface area is 175 Å². The molecule has 2 atom stereocenters. The van der Waals surface area contributed by atoms with E-state index < -0.39 is 0 Å². The predicted molar refractivity (Wildman–Crippen MR) is 117 cm³/mol. The lowest BCUT2D eigenvalue weighted by molar-refractivity contribution is -0.128. The van der Waals surface area contributed by atoms with Crippen LogP contribution in [0.3, 0.4) is 0 Å². The predicted octanol–water partition coefficient (Wildman–Crippen LogP) is 2.62. The van der Waals surface area contributed by atoms with Gasteiger partial charge >= 0.3 is 0 Å². The number of likely N-dealkylation sites (tertiary alicyclic amines) is 1. The lowest BCUT2D eigenvalue weighted by Crippen LogP contribution is -2.47. The minimum absolute atomic E-state index is 0. The smallest absolute Gasteiger partial charge is 0.244 e. The first kappa shape index (κ1) is 23.5. The molecule has 2 saturated heterocycles. The normalized spacial score (nSPS) is 24.2. The van der Waals surface area contributed by atoms with E-state index in [0.29, 0.717) is 5.92 Å². The molecule has 0 spiro atoms. The third-order valence-corrected chi connectivity index (χ3v) is 5.01. The summed E-state index contributed by atoms with van der Waals surface area (Å²) in [7, 11) is 0. The van der Waals surface area contributed by atoms with Crippen LogP contribution in [-0.2, 0) is 9.53 Å². The number of carbonyl (C=O) groups excluding carboxylic acids is 1. The largest absolute Gasteiger partial charge is 0.377 e. The summed E-state index contributed by atoms with van der Waals surface area (Å²) in [6, 6.07) is 0. The van der Waals surface area contributed by atoms with E-state index in [1.807, 2.05) is 11.8 Å². The van der Waals surface area contributed by atoms with Gasteiger partial charge in [-0.25, -0.2) is 4.99 Å². The van der Waals surface area contributed by atoms with Crippen LogP contribution in [0.1, 0.15) is 53.4 Å². The number of ether oxygens (including phenoxy) is 1. The summed E-state index contributed by atoms with van der Waals surface area (Å²) in [4.78, 5) is 18.6. The Morgan fingerprint density at radius 2 is 1.88 bits per heavy atom. The zero-order valence-electron chi connectivity index (χ0n) is 16.8. The average Bonchev–Trinajstić information content (AvgIpc) is 3.11. The first-order valence-corrected chi connectivity index (χ1v) is 9.83. The zero-order chi connectivity index (χ0) is 18.3. The van der Waals surface area contributed by atoms with Crippen LogP contribution in [-0.4, -0.2) is 62.2 Å². The lowest BCUT2D eigenvalue weighted by atomic mass is 9.78. The molecule has 0 aromatic rings. The van der Waals surface area contributed by atoms with Crippen LogP contribution in [0.25, 0.3) is 0 Å². The van der Waals surface area contributed by atoms with E-state index in [4.69, 9.17) is 4.74 Å². The molecular formula is C19H37IN4O2. The van der Waals surface area contributed by atoms with Crippen LogP contribution in [0.4, 0.5) is 0 Å². The van der Waals surface area contributed by atoms with Gasteiger partial charge in [-0.2, -0.15) is 0 Å². The van der Waals surface area contributed by atoms with Crippen molar-refractivity contribution >= 4 is 35.8 Å². The van der Waals surface area contributed by atoms with Gasteiger partial charge in [0.25, 0.3) is 0 Å². The van der Waals surface area contributed by atoms with Crippen molar-refractivity contribution in [2.75, 3.05) is 39.3 Å². The molecule has 0 aromatic carbocycles. The Balaban J connectivity index is 0.00000338. The Hall–Kier alpha value is -0.570. The molecule has 2 heterocycles. The van der Waals surface area contributed by atoms with Gasteiger partial charge in [-0.3, -0.25) is 4.79 Å². The molecule has 2 fully saturated rings. The van der Waals surface area contributed by atoms with Gasteiger partial charge in [0.15, 0.2) is 5.96 Å². The molecule has 0 aliphatic carbocycles. The molecule has 2 aliphatic heterocycles. The summed E-state index contributed by atoms with van der Waals surface area (Å²) >= 11 is 0. The number of carbonyl (C=O) groups is 1. The van der Waals surface area contributed by atoms with Crippen LogP contribution >= 0.6 is 24.0 Å². The summed E-state index contributed by atoms with van der Waals surface area (Å²) in [5, 5.41) is 6.68. The van der Waals surface area contributed by atoms with E-state index in [9.17, 15) is 4.79 Å². The fraction of sp³-hybridized carbons (Fsp3) is 0.895. The number of halogens is 1. The van der Waals surface area contributed by atoms with Crippen LogP contribution < -0.4 is 10.6 Å². The zero-order valence-corrected chi connectivity index (χ0v) is 19.2. The molecule has 6 nitrogen and oxygen atoms in total. The van der Waals surface area contributed by atoms with Gasteiger partial charge in [-0.15, -0.1) is 24.0 Å². The molecule has 7 heteroatoms. The maximum atomic E-state index is 12.2. The van der Waals surface area contributed by atoms with E-state index in [0.717, 1.165) is 58.0 Å². The van der Waals surface area contributed by atoms with Gasteiger partial charge in [0.2, 0.25) is 5.91 Å². The number of guanidine groups is 1. The summed E-state index contributed by atoms with van der Waals surface area (Å²) < 4.78 is 6.05. The molecule has 152 valence electrons. The van der Waals surface area contributed by atoms with Crippen molar-refractivity contribution in [2.24, 2.45) is 16.3 Å². The topological polar surface area (TPSA) is 66.0 Å². The Morgan fingerprint density at radius 3 is 2.50 bits per heavy atom. The number of hydrogen-bond acceptors (Lipinski definition) is 3. The SMILES string of the molecule is CCNC(=NCC(=O)N1CCCC1)NCC1CCCOC1C(C)(C)C.I. The third kappa shape index (κ3) is 7.21. The highest BCUT2D eigenvalue weighted by Gasteiger charge is 2.35. The number of aliphatic imine (C=N–C) groups is 1. The maximum Gasteiger partial charge on any atom is 0.244 e. The minimum Gasteiger partial charge on any atom is -0.377 e. The molecule has 26 heavy (non-hydrogen) atoms. The van der Waals surface area contributed by atoms with E-state index in [1.165, 1.54) is 6.42 Å². The van der Waals surface area contributed by atoms with Crippen LogP contribution in [0.15, 0.2) is 4.99 Å². The van der Waals surface area contributed by atoms with Crippen molar-refractivity contribution in [2.45, 2.75) is 59.5 Å². The molecule has 2 rings (SSSR count). The van der Waals surface area contributed by atoms with E-state index in [2.05, 4.69) is 36.4 Å². The van der Waals surface area contributed by atoms with Crippen LogP contribution in [0.2, 0.25) is 0 Å². The van der Waals surface area contributed by atoms with Gasteiger partial charge < -0.3 is 20.3 Å². The number of rotatable bonds is 5. The van der Waals surface area contributed by atoms with Gasteiger partial charge in [0.1, 0.15) is 6.54 Å². The highest BCUT2D eigenvalue weighted by molar-refractivity contribution is 14.0. The standard InChI is InChI=1S/C19H36N4O2.HI/c1-5-20-18(22-14-16(24)23-10-6-7-11-23)21-13-15-9-8-12-25-17(15)19(2,3)4;/h15,17H,5-14H2,1-4H3,(H2,20,21,22);1H. The van der Waals surface area contributed by atoms with Crippen molar-refractivity contribution in [1.82, 2.24) is 15.5 Å². The second kappa shape index (κ2) is 11.3. The molecule has 2 N–H and O–H groups in total. The summed E-state index contributed by atoms with van der Waals surface area (Å²) in [6.45, 7) is 13.2. The first-order chi connectivity index (χ1) is 11.9. The van der Waals surface area contributed by atoms with Crippen molar-refractivity contribution in [3.63, 3.8) is 0 Å². The third-order valence-electron chi connectivity index (χ3n) is 5.01.